The van der Waals surface area contributed by atoms with E-state index in [0.717, 1.165) is 6.04 Å². The first kappa shape index (κ1) is 13.9. The fraction of sp³-hybridized carbons (Fsp3) is 1.00. The Bertz CT molecular complexity index is 165. The molecule has 0 saturated carbocycles. The molecule has 1 fully saturated rings. The zero-order valence-corrected chi connectivity index (χ0v) is 11.3. The fourth-order valence-corrected chi connectivity index (χ4v) is 2.38. The van der Waals surface area contributed by atoms with E-state index in [1.54, 1.807) is 0 Å². The van der Waals surface area contributed by atoms with E-state index in [1.165, 1.54) is 58.4 Å². The number of nitrogens with zero attached hydrogens (tertiary/aromatic N) is 2. The first-order valence-electron chi connectivity index (χ1n) is 6.83. The van der Waals surface area contributed by atoms with Gasteiger partial charge in [0.15, 0.2) is 0 Å². The Balaban J connectivity index is 2.14. The summed E-state index contributed by atoms with van der Waals surface area (Å²) < 4.78 is 0. The van der Waals surface area contributed by atoms with E-state index < -0.39 is 0 Å². The monoisotopic (exact) mass is 227 g/mol. The lowest BCUT2D eigenvalue weighted by Crippen LogP contribution is -2.44. The van der Waals surface area contributed by atoms with Gasteiger partial charge >= 0.3 is 0 Å². The predicted octanol–water partition coefficient (Wildman–Crippen LogP) is 1.40. The number of rotatable bonds is 7. The lowest BCUT2D eigenvalue weighted by molar-refractivity contribution is 0.222. The van der Waals surface area contributed by atoms with Crippen molar-refractivity contribution < 1.29 is 0 Å². The van der Waals surface area contributed by atoms with E-state index in [1.807, 2.05) is 0 Å². The van der Waals surface area contributed by atoms with Gasteiger partial charge in [0, 0.05) is 12.6 Å². The zero-order chi connectivity index (χ0) is 11.8. The molecule has 1 rings (SSSR count). The molecule has 0 aromatic heterocycles. The summed E-state index contributed by atoms with van der Waals surface area (Å²) in [4.78, 5) is 4.86. The van der Waals surface area contributed by atoms with Gasteiger partial charge in [-0.3, -0.25) is 0 Å². The van der Waals surface area contributed by atoms with Crippen LogP contribution in [0.4, 0.5) is 0 Å². The van der Waals surface area contributed by atoms with Gasteiger partial charge in [0.25, 0.3) is 0 Å². The SMILES string of the molecule is CCN(CCCN(C)C)CC1CCCCN1. The van der Waals surface area contributed by atoms with Crippen LogP contribution in [0.2, 0.25) is 0 Å². The summed E-state index contributed by atoms with van der Waals surface area (Å²) in [5, 5.41) is 3.63. The first-order valence-corrected chi connectivity index (χ1v) is 6.83. The van der Waals surface area contributed by atoms with Crippen LogP contribution in [0.15, 0.2) is 0 Å². The Labute approximate surface area is 101 Å². The van der Waals surface area contributed by atoms with Crippen LogP contribution in [0.25, 0.3) is 0 Å². The van der Waals surface area contributed by atoms with E-state index >= 15 is 0 Å². The average molecular weight is 227 g/mol. The van der Waals surface area contributed by atoms with Gasteiger partial charge in [0.1, 0.15) is 0 Å². The summed E-state index contributed by atoms with van der Waals surface area (Å²) in [7, 11) is 4.30. The molecule has 16 heavy (non-hydrogen) atoms. The van der Waals surface area contributed by atoms with E-state index in [2.05, 4.69) is 36.1 Å². The van der Waals surface area contributed by atoms with Crippen molar-refractivity contribution in [1.82, 2.24) is 15.1 Å². The molecule has 96 valence electrons. The van der Waals surface area contributed by atoms with Gasteiger partial charge in [-0.1, -0.05) is 13.3 Å². The molecule has 0 spiro atoms. The number of nitrogens with one attached hydrogen (secondary N) is 1. The maximum absolute atomic E-state index is 3.63. The van der Waals surface area contributed by atoms with E-state index in [-0.39, 0.29) is 0 Å². The van der Waals surface area contributed by atoms with Crippen LogP contribution in [0.3, 0.4) is 0 Å². The van der Waals surface area contributed by atoms with Gasteiger partial charge in [-0.15, -0.1) is 0 Å². The quantitative estimate of drug-likeness (QED) is 0.709. The van der Waals surface area contributed by atoms with Gasteiger partial charge in [-0.25, -0.2) is 0 Å². The molecule has 0 aromatic carbocycles. The van der Waals surface area contributed by atoms with Gasteiger partial charge < -0.3 is 15.1 Å². The summed E-state index contributed by atoms with van der Waals surface area (Å²) >= 11 is 0. The number of hydrogen-bond acceptors (Lipinski definition) is 3. The average Bonchev–Trinajstić information content (AvgIpc) is 2.28. The van der Waals surface area contributed by atoms with Crippen LogP contribution in [-0.4, -0.2) is 62.7 Å². The van der Waals surface area contributed by atoms with Gasteiger partial charge in [0.05, 0.1) is 0 Å². The highest BCUT2D eigenvalue weighted by Crippen LogP contribution is 2.08. The van der Waals surface area contributed by atoms with Crippen molar-refractivity contribution in [3.05, 3.63) is 0 Å². The van der Waals surface area contributed by atoms with Gasteiger partial charge in [0.2, 0.25) is 0 Å². The molecule has 1 unspecified atom stereocenters. The highest BCUT2D eigenvalue weighted by molar-refractivity contribution is 4.75. The standard InChI is InChI=1S/C13H29N3/c1-4-16(11-7-10-15(2)3)12-13-8-5-6-9-14-13/h13-14H,4-12H2,1-3H3. The number of hydrogen-bond donors (Lipinski definition) is 1. The Hall–Kier alpha value is -0.120. The molecular formula is C13H29N3. The lowest BCUT2D eigenvalue weighted by Gasteiger charge is -2.30. The fourth-order valence-electron chi connectivity index (χ4n) is 2.38. The zero-order valence-electron chi connectivity index (χ0n) is 11.3. The highest BCUT2D eigenvalue weighted by Gasteiger charge is 2.15. The van der Waals surface area contributed by atoms with E-state index in [9.17, 15) is 0 Å². The second kappa shape index (κ2) is 8.04. The van der Waals surface area contributed by atoms with Crippen LogP contribution in [-0.2, 0) is 0 Å². The maximum atomic E-state index is 3.63. The minimum absolute atomic E-state index is 0.744. The molecule has 3 nitrogen and oxygen atoms in total. The molecule has 1 aliphatic rings. The molecule has 0 aliphatic carbocycles. The molecule has 0 amide bonds. The summed E-state index contributed by atoms with van der Waals surface area (Å²) in [6.07, 6.45) is 5.42. The molecule has 1 aliphatic heterocycles. The lowest BCUT2D eigenvalue weighted by atomic mass is 10.0. The molecule has 1 saturated heterocycles. The topological polar surface area (TPSA) is 18.5 Å². The van der Waals surface area contributed by atoms with Crippen LogP contribution in [0, 0.1) is 0 Å². The molecule has 0 radical (unpaired) electrons. The molecule has 1 heterocycles. The van der Waals surface area contributed by atoms with Crippen LogP contribution >= 0.6 is 0 Å². The Morgan fingerprint density at radius 2 is 2.00 bits per heavy atom. The second-order valence-electron chi connectivity index (χ2n) is 5.20. The van der Waals surface area contributed by atoms with Gasteiger partial charge in [-0.05, 0) is 59.5 Å². The molecule has 1 atom stereocenters. The van der Waals surface area contributed by atoms with Crippen molar-refractivity contribution in [2.24, 2.45) is 0 Å². The van der Waals surface area contributed by atoms with Crippen molar-refractivity contribution in [2.75, 3.05) is 46.8 Å². The van der Waals surface area contributed by atoms with Crippen LogP contribution in [0.1, 0.15) is 32.6 Å². The Kier molecular flexibility index (Phi) is 7.01. The molecular weight excluding hydrogens is 198 g/mol. The second-order valence-corrected chi connectivity index (χ2v) is 5.20. The third kappa shape index (κ3) is 5.83. The summed E-state index contributed by atoms with van der Waals surface area (Å²) in [6, 6.07) is 0.744. The normalized spacial score (nSPS) is 21.9. The minimum atomic E-state index is 0.744. The van der Waals surface area contributed by atoms with E-state index in [4.69, 9.17) is 0 Å². The maximum Gasteiger partial charge on any atom is 0.0195 e. The molecule has 0 aromatic rings. The molecule has 1 N–H and O–H groups in total. The number of piperidine rings is 1. The van der Waals surface area contributed by atoms with Crippen molar-refractivity contribution >= 4 is 0 Å². The summed E-state index contributed by atoms with van der Waals surface area (Å²) in [5.74, 6) is 0. The summed E-state index contributed by atoms with van der Waals surface area (Å²) in [5.41, 5.74) is 0. The number of likely N-dealkylation sites (N-methyl/N-ethyl adjacent to an activating group) is 1. The van der Waals surface area contributed by atoms with Crippen molar-refractivity contribution in [3.63, 3.8) is 0 Å². The van der Waals surface area contributed by atoms with Crippen LogP contribution < -0.4 is 5.32 Å². The molecule has 0 bridgehead atoms. The predicted molar refractivity (Wildman–Crippen MR) is 70.9 cm³/mol. The van der Waals surface area contributed by atoms with Crippen molar-refractivity contribution in [2.45, 2.75) is 38.6 Å². The van der Waals surface area contributed by atoms with E-state index in [0.29, 0.717) is 0 Å². The third-order valence-electron chi connectivity index (χ3n) is 3.42. The van der Waals surface area contributed by atoms with Gasteiger partial charge in [-0.2, -0.15) is 0 Å². The van der Waals surface area contributed by atoms with Crippen molar-refractivity contribution in [3.8, 4) is 0 Å². The summed E-state index contributed by atoms with van der Waals surface area (Å²) in [6.45, 7) is 8.37. The Morgan fingerprint density at radius 1 is 1.19 bits per heavy atom. The Morgan fingerprint density at radius 3 is 2.56 bits per heavy atom. The first-order chi connectivity index (χ1) is 7.72. The highest BCUT2D eigenvalue weighted by atomic mass is 15.2. The van der Waals surface area contributed by atoms with Crippen molar-refractivity contribution in [1.29, 1.82) is 0 Å². The van der Waals surface area contributed by atoms with Crippen LogP contribution in [0.5, 0.6) is 0 Å². The largest absolute Gasteiger partial charge is 0.313 e. The third-order valence-corrected chi connectivity index (χ3v) is 3.42. The molecule has 3 heteroatoms. The minimum Gasteiger partial charge on any atom is -0.313 e. The smallest absolute Gasteiger partial charge is 0.0195 e.